The summed E-state index contributed by atoms with van der Waals surface area (Å²) in [5.41, 5.74) is 2.81. The van der Waals surface area contributed by atoms with Gasteiger partial charge in [-0.25, -0.2) is 4.68 Å². The van der Waals surface area contributed by atoms with Gasteiger partial charge in [0.15, 0.2) is 0 Å². The molecule has 0 aliphatic rings. The summed E-state index contributed by atoms with van der Waals surface area (Å²) in [5.74, 6) is 1.90. The topological polar surface area (TPSA) is 81.9 Å². The Balaban J connectivity index is 1.88. The van der Waals surface area contributed by atoms with Gasteiger partial charge in [0.25, 0.3) is 5.95 Å². The van der Waals surface area contributed by atoms with Crippen LogP contribution in [0.2, 0.25) is 5.15 Å². The highest BCUT2D eigenvalue weighted by molar-refractivity contribution is 6.29. The highest BCUT2D eigenvalue weighted by Crippen LogP contribution is 2.24. The van der Waals surface area contributed by atoms with Gasteiger partial charge in [-0.2, -0.15) is 15.1 Å². The fourth-order valence-electron chi connectivity index (χ4n) is 2.91. The fraction of sp³-hybridized carbons (Fsp3) is 0.238. The molecule has 3 aromatic rings. The Morgan fingerprint density at radius 1 is 1.24 bits per heavy atom. The number of rotatable bonds is 8. The molecule has 0 aliphatic heterocycles. The molecule has 0 unspecified atom stereocenters. The van der Waals surface area contributed by atoms with Crippen LogP contribution in [0.25, 0.3) is 12.0 Å². The van der Waals surface area contributed by atoms with E-state index in [2.05, 4.69) is 20.4 Å². The molecule has 0 atom stereocenters. The Labute approximate surface area is 174 Å². The van der Waals surface area contributed by atoms with Crippen LogP contribution < -0.4 is 10.1 Å². The smallest absolute Gasteiger partial charge is 0.254 e. The number of nitrogens with one attached hydrogen (secondary N) is 1. The van der Waals surface area contributed by atoms with Crippen LogP contribution >= 0.6 is 11.6 Å². The number of carbonyl (C=O) groups is 1. The van der Waals surface area contributed by atoms with Gasteiger partial charge in [-0.15, -0.1) is 0 Å². The maximum atomic E-state index is 10.7. The van der Waals surface area contributed by atoms with E-state index in [4.69, 9.17) is 16.3 Å². The minimum Gasteiger partial charge on any atom is -0.497 e. The maximum absolute atomic E-state index is 10.7. The number of aldehydes is 1. The Hall–Kier alpha value is -3.19. The van der Waals surface area contributed by atoms with Crippen LogP contribution in [0.3, 0.4) is 0 Å². The predicted molar refractivity (Wildman–Crippen MR) is 114 cm³/mol. The second kappa shape index (κ2) is 9.34. The fourth-order valence-corrected chi connectivity index (χ4v) is 3.09. The number of ether oxygens (including phenoxy) is 1. The Kier molecular flexibility index (Phi) is 6.61. The van der Waals surface area contributed by atoms with E-state index >= 15 is 0 Å². The van der Waals surface area contributed by atoms with E-state index in [-0.39, 0.29) is 5.92 Å². The lowest BCUT2D eigenvalue weighted by Crippen LogP contribution is -2.11. The zero-order valence-electron chi connectivity index (χ0n) is 16.5. The number of carbonyl (C=O) groups excluding carboxylic acids is 1. The number of benzene rings is 1. The molecule has 0 saturated carbocycles. The molecule has 8 heteroatoms. The summed E-state index contributed by atoms with van der Waals surface area (Å²) in [4.78, 5) is 19.6. The number of allylic oxidation sites excluding steroid dienone is 1. The molecule has 0 spiro atoms. The van der Waals surface area contributed by atoms with Crippen molar-refractivity contribution in [3.05, 3.63) is 64.6 Å². The van der Waals surface area contributed by atoms with Gasteiger partial charge in [0.1, 0.15) is 23.0 Å². The lowest BCUT2D eigenvalue weighted by Gasteiger charge is -2.12. The van der Waals surface area contributed by atoms with E-state index in [1.807, 2.05) is 38.1 Å². The first-order valence-electron chi connectivity index (χ1n) is 9.13. The van der Waals surface area contributed by atoms with Crippen molar-refractivity contribution in [2.75, 3.05) is 12.4 Å². The molecule has 0 saturated heterocycles. The highest BCUT2D eigenvalue weighted by atomic mass is 35.5. The summed E-state index contributed by atoms with van der Waals surface area (Å²) in [6.45, 7) is 4.65. The second-order valence-corrected chi connectivity index (χ2v) is 7.01. The third kappa shape index (κ3) is 5.00. The van der Waals surface area contributed by atoms with Crippen molar-refractivity contribution in [2.45, 2.75) is 26.3 Å². The lowest BCUT2D eigenvalue weighted by atomic mass is 10.1. The van der Waals surface area contributed by atoms with Crippen molar-refractivity contribution in [3.63, 3.8) is 0 Å². The average molecular weight is 412 g/mol. The number of methoxy groups -OCH3 is 1. The van der Waals surface area contributed by atoms with Gasteiger partial charge in [0.05, 0.1) is 19.0 Å². The van der Waals surface area contributed by atoms with Crippen molar-refractivity contribution in [1.82, 2.24) is 19.7 Å². The van der Waals surface area contributed by atoms with Crippen molar-refractivity contribution >= 4 is 29.8 Å². The molecule has 2 heterocycles. The molecule has 1 aromatic carbocycles. The summed E-state index contributed by atoms with van der Waals surface area (Å²) in [5, 5.41) is 7.97. The normalized spacial score (nSPS) is 11.2. The van der Waals surface area contributed by atoms with Crippen LogP contribution in [0.1, 0.15) is 36.6 Å². The van der Waals surface area contributed by atoms with Gasteiger partial charge in [-0.1, -0.05) is 37.6 Å². The van der Waals surface area contributed by atoms with Crippen LogP contribution in [-0.2, 0) is 11.3 Å². The van der Waals surface area contributed by atoms with E-state index in [0.29, 0.717) is 23.5 Å². The van der Waals surface area contributed by atoms with E-state index < -0.39 is 0 Å². The maximum Gasteiger partial charge on any atom is 0.254 e. The SMILES string of the molecule is COc1ccc(CNc2cc(Cl)nc(-n3ncc(C=CC=O)c3C(C)C)n2)cc1. The van der Waals surface area contributed by atoms with Crippen molar-refractivity contribution < 1.29 is 9.53 Å². The predicted octanol–water partition coefficient (Wildman–Crippen LogP) is 4.27. The third-order valence-electron chi connectivity index (χ3n) is 4.24. The molecule has 0 bridgehead atoms. The number of hydrogen-bond acceptors (Lipinski definition) is 6. The summed E-state index contributed by atoms with van der Waals surface area (Å²) in [6, 6.07) is 9.43. The van der Waals surface area contributed by atoms with Gasteiger partial charge in [-0.05, 0) is 35.8 Å². The summed E-state index contributed by atoms with van der Waals surface area (Å²) in [6.07, 6.45) is 5.58. The van der Waals surface area contributed by atoms with Gasteiger partial charge >= 0.3 is 0 Å². The molecule has 29 heavy (non-hydrogen) atoms. The molecule has 0 amide bonds. The lowest BCUT2D eigenvalue weighted by molar-refractivity contribution is -0.104. The van der Waals surface area contributed by atoms with Crippen molar-refractivity contribution in [3.8, 4) is 11.7 Å². The standard InChI is InChI=1S/C21H22ClN5O2/c1-14(2)20-16(5-4-10-28)13-24-27(20)21-25-18(22)11-19(26-21)23-12-15-6-8-17(29-3)9-7-15/h4-11,13-14H,12H2,1-3H3,(H,23,25,26). The minimum absolute atomic E-state index is 0.141. The average Bonchev–Trinajstić information content (AvgIpc) is 3.15. The number of anilines is 1. The second-order valence-electron chi connectivity index (χ2n) is 6.62. The quantitative estimate of drug-likeness (QED) is 0.338. The Morgan fingerprint density at radius 3 is 2.66 bits per heavy atom. The largest absolute Gasteiger partial charge is 0.497 e. The third-order valence-corrected chi connectivity index (χ3v) is 4.44. The molecule has 7 nitrogen and oxygen atoms in total. The molecule has 0 fully saturated rings. The molecule has 1 N–H and O–H groups in total. The first-order valence-corrected chi connectivity index (χ1v) is 9.51. The minimum atomic E-state index is 0.141. The number of hydrogen-bond donors (Lipinski definition) is 1. The molecular weight excluding hydrogens is 390 g/mol. The van der Waals surface area contributed by atoms with Crippen LogP contribution in [0.5, 0.6) is 5.75 Å². The van der Waals surface area contributed by atoms with Gasteiger partial charge in [-0.3, -0.25) is 4.79 Å². The van der Waals surface area contributed by atoms with Gasteiger partial charge in [0, 0.05) is 18.2 Å². The van der Waals surface area contributed by atoms with E-state index in [9.17, 15) is 4.79 Å². The van der Waals surface area contributed by atoms with Crippen LogP contribution in [-0.4, -0.2) is 33.1 Å². The number of aromatic nitrogens is 4. The van der Waals surface area contributed by atoms with E-state index in [0.717, 1.165) is 28.9 Å². The Morgan fingerprint density at radius 2 is 2.00 bits per heavy atom. The summed E-state index contributed by atoms with van der Waals surface area (Å²) in [7, 11) is 1.64. The van der Waals surface area contributed by atoms with Gasteiger partial charge in [0.2, 0.25) is 0 Å². The van der Waals surface area contributed by atoms with Crippen LogP contribution in [0, 0.1) is 0 Å². The number of nitrogens with zero attached hydrogens (tertiary/aromatic N) is 4. The number of halogens is 1. The van der Waals surface area contributed by atoms with Crippen LogP contribution in [0.15, 0.2) is 42.6 Å². The zero-order chi connectivity index (χ0) is 20.8. The first kappa shape index (κ1) is 20.5. The van der Waals surface area contributed by atoms with E-state index in [1.54, 1.807) is 30.1 Å². The Bertz CT molecular complexity index is 1010. The first-order chi connectivity index (χ1) is 14.0. The zero-order valence-corrected chi connectivity index (χ0v) is 17.2. The highest BCUT2D eigenvalue weighted by Gasteiger charge is 2.17. The van der Waals surface area contributed by atoms with Crippen molar-refractivity contribution in [1.29, 1.82) is 0 Å². The molecule has 150 valence electrons. The molecule has 0 radical (unpaired) electrons. The van der Waals surface area contributed by atoms with Crippen molar-refractivity contribution in [2.24, 2.45) is 0 Å². The molecule has 2 aromatic heterocycles. The summed E-state index contributed by atoms with van der Waals surface area (Å²) < 4.78 is 6.83. The van der Waals surface area contributed by atoms with E-state index in [1.165, 1.54) is 6.08 Å². The molecule has 0 aliphatic carbocycles. The molecule has 3 rings (SSSR count). The van der Waals surface area contributed by atoms with Crippen LogP contribution in [0.4, 0.5) is 5.82 Å². The monoisotopic (exact) mass is 411 g/mol. The van der Waals surface area contributed by atoms with Gasteiger partial charge < -0.3 is 10.1 Å². The molecular formula is C21H22ClN5O2. The summed E-state index contributed by atoms with van der Waals surface area (Å²) >= 11 is 6.23.